The van der Waals surface area contributed by atoms with Crippen LogP contribution in [-0.4, -0.2) is 5.91 Å². The van der Waals surface area contributed by atoms with E-state index in [4.69, 9.17) is 0 Å². The first kappa shape index (κ1) is 6.22. The van der Waals surface area contributed by atoms with E-state index in [1.165, 1.54) is 0 Å². The van der Waals surface area contributed by atoms with Crippen molar-refractivity contribution in [3.05, 3.63) is 36.1 Å². The van der Waals surface area contributed by atoms with E-state index >= 15 is 0 Å². The third-order valence-corrected chi connectivity index (χ3v) is 1.69. The van der Waals surface area contributed by atoms with Crippen molar-refractivity contribution < 1.29 is 4.79 Å². The lowest BCUT2D eigenvalue weighted by atomic mass is 9.94. The molecule has 11 heavy (non-hydrogen) atoms. The van der Waals surface area contributed by atoms with Crippen LogP contribution in [0.2, 0.25) is 0 Å². The topological polar surface area (TPSA) is 41.8 Å². The Kier molecular flexibility index (Phi) is 1.28. The van der Waals surface area contributed by atoms with Gasteiger partial charge in [-0.25, -0.2) is 0 Å². The Labute approximate surface area is 63.8 Å². The van der Waals surface area contributed by atoms with Crippen molar-refractivity contribution in [1.82, 2.24) is 0 Å². The lowest BCUT2D eigenvalue weighted by Gasteiger charge is -2.13. The van der Waals surface area contributed by atoms with Crippen LogP contribution < -0.4 is 0 Å². The predicted molar refractivity (Wildman–Crippen MR) is 39.7 cm³/mol. The van der Waals surface area contributed by atoms with Gasteiger partial charge in [0, 0.05) is 0 Å². The van der Waals surface area contributed by atoms with Crippen molar-refractivity contribution in [3.8, 4) is 0 Å². The maximum Gasteiger partial charge on any atom is 0.275 e. The molecule has 2 rings (SSSR count). The zero-order valence-corrected chi connectivity index (χ0v) is 5.77. The molecule has 1 aliphatic carbocycles. The van der Waals surface area contributed by atoms with E-state index in [1.54, 1.807) is 6.20 Å². The Morgan fingerprint density at radius 2 is 2.27 bits per heavy atom. The quantitative estimate of drug-likeness (QED) is 0.511. The molecule has 1 heterocycles. The number of nitrogens with zero attached hydrogens (tertiary/aromatic N) is 2. The van der Waals surface area contributed by atoms with Crippen LogP contribution in [0.1, 0.15) is 0 Å². The van der Waals surface area contributed by atoms with Crippen molar-refractivity contribution in [2.24, 2.45) is 16.1 Å². The molecule has 1 amide bonds. The summed E-state index contributed by atoms with van der Waals surface area (Å²) in [7, 11) is 0. The van der Waals surface area contributed by atoms with Gasteiger partial charge in [-0.2, -0.15) is 5.11 Å². The third kappa shape index (κ3) is 0.941. The van der Waals surface area contributed by atoms with Crippen LogP contribution in [0.4, 0.5) is 0 Å². The molecule has 0 spiro atoms. The maximum absolute atomic E-state index is 11.0. The van der Waals surface area contributed by atoms with E-state index in [2.05, 4.69) is 10.2 Å². The molecule has 0 aromatic carbocycles. The van der Waals surface area contributed by atoms with Gasteiger partial charge in [0.25, 0.3) is 5.91 Å². The normalized spacial score (nSPS) is 26.7. The Hall–Kier alpha value is -1.51. The summed E-state index contributed by atoms with van der Waals surface area (Å²) in [5, 5.41) is 7.01. The number of rotatable bonds is 0. The van der Waals surface area contributed by atoms with Crippen molar-refractivity contribution in [1.29, 1.82) is 0 Å². The van der Waals surface area contributed by atoms with Gasteiger partial charge in [-0.05, 0) is 5.57 Å². The second kappa shape index (κ2) is 2.27. The van der Waals surface area contributed by atoms with E-state index in [0.717, 1.165) is 5.57 Å². The minimum atomic E-state index is -0.183. The summed E-state index contributed by atoms with van der Waals surface area (Å²) < 4.78 is 0. The molecule has 0 saturated heterocycles. The summed E-state index contributed by atoms with van der Waals surface area (Å²) in [4.78, 5) is 11.0. The van der Waals surface area contributed by atoms with Gasteiger partial charge < -0.3 is 0 Å². The van der Waals surface area contributed by atoms with E-state index in [-0.39, 0.29) is 11.8 Å². The van der Waals surface area contributed by atoms with Crippen LogP contribution in [0.25, 0.3) is 0 Å². The first-order valence-electron chi connectivity index (χ1n) is 3.37. The summed E-state index contributed by atoms with van der Waals surface area (Å²) >= 11 is 0. The number of carbonyl (C=O) groups excluding carboxylic acids is 1. The number of carbonyl (C=O) groups is 1. The summed E-state index contributed by atoms with van der Waals surface area (Å²) in [5.41, 5.74) is 0.924. The molecule has 0 aromatic rings. The number of hydrogen-bond donors (Lipinski definition) is 0. The van der Waals surface area contributed by atoms with Gasteiger partial charge in [0.2, 0.25) is 0 Å². The lowest BCUT2D eigenvalue weighted by molar-refractivity contribution is -0.120. The molecule has 0 aromatic heterocycles. The SMILES string of the molecule is O=C1N=NC=C2C=CC=CC12. The number of azo groups is 1. The Morgan fingerprint density at radius 3 is 3.09 bits per heavy atom. The third-order valence-electron chi connectivity index (χ3n) is 1.69. The van der Waals surface area contributed by atoms with Gasteiger partial charge in [-0.1, -0.05) is 24.3 Å². The molecule has 1 unspecified atom stereocenters. The molecule has 0 saturated carbocycles. The molecular formula is C8H6N2O. The maximum atomic E-state index is 11.0. The van der Waals surface area contributed by atoms with E-state index in [9.17, 15) is 4.79 Å². The molecule has 0 fully saturated rings. The Morgan fingerprint density at radius 1 is 1.36 bits per heavy atom. The molecule has 3 heteroatoms. The predicted octanol–water partition coefficient (Wildman–Crippen LogP) is 1.60. The molecule has 3 nitrogen and oxygen atoms in total. The first-order valence-corrected chi connectivity index (χ1v) is 3.37. The number of amides is 1. The largest absolute Gasteiger partial charge is 0.275 e. The van der Waals surface area contributed by atoms with Gasteiger partial charge in [0.15, 0.2) is 0 Å². The summed E-state index contributed by atoms with van der Waals surface area (Å²) in [6, 6.07) is 0. The second-order valence-electron chi connectivity index (χ2n) is 2.40. The first-order chi connectivity index (χ1) is 5.38. The van der Waals surface area contributed by atoms with E-state index < -0.39 is 0 Å². The Balaban J connectivity index is 2.43. The molecule has 0 radical (unpaired) electrons. The molecular weight excluding hydrogens is 140 g/mol. The lowest BCUT2D eigenvalue weighted by Crippen LogP contribution is -2.14. The second-order valence-corrected chi connectivity index (χ2v) is 2.40. The minimum absolute atomic E-state index is 0.178. The number of hydrogen-bond acceptors (Lipinski definition) is 2. The minimum Gasteiger partial charge on any atom is -0.270 e. The highest BCUT2D eigenvalue weighted by Crippen LogP contribution is 2.23. The van der Waals surface area contributed by atoms with Crippen molar-refractivity contribution in [2.45, 2.75) is 0 Å². The highest BCUT2D eigenvalue weighted by Gasteiger charge is 2.21. The summed E-state index contributed by atoms with van der Waals surface area (Å²) in [5.74, 6) is -0.361. The molecule has 1 aliphatic heterocycles. The molecule has 0 bridgehead atoms. The fourth-order valence-electron chi connectivity index (χ4n) is 1.12. The fraction of sp³-hybridized carbons (Fsp3) is 0.125. The molecule has 1 atom stereocenters. The van der Waals surface area contributed by atoms with Gasteiger partial charge >= 0.3 is 0 Å². The van der Waals surface area contributed by atoms with Gasteiger partial charge in [-0.15, -0.1) is 5.11 Å². The van der Waals surface area contributed by atoms with Crippen molar-refractivity contribution >= 4 is 5.91 Å². The number of fused-ring (bicyclic) bond motifs is 1. The van der Waals surface area contributed by atoms with E-state index in [1.807, 2.05) is 24.3 Å². The van der Waals surface area contributed by atoms with Crippen LogP contribution in [0.5, 0.6) is 0 Å². The summed E-state index contributed by atoms with van der Waals surface area (Å²) in [6.07, 6.45) is 9.05. The molecule has 0 N–H and O–H groups in total. The number of allylic oxidation sites excluding steroid dienone is 3. The van der Waals surface area contributed by atoms with Crippen LogP contribution in [0.3, 0.4) is 0 Å². The van der Waals surface area contributed by atoms with Crippen LogP contribution in [0, 0.1) is 5.92 Å². The van der Waals surface area contributed by atoms with Crippen LogP contribution >= 0.6 is 0 Å². The molecule has 2 aliphatic rings. The average molecular weight is 146 g/mol. The smallest absolute Gasteiger partial charge is 0.270 e. The zero-order valence-electron chi connectivity index (χ0n) is 5.77. The van der Waals surface area contributed by atoms with E-state index in [0.29, 0.717) is 0 Å². The Bertz CT molecular complexity index is 310. The highest BCUT2D eigenvalue weighted by molar-refractivity contribution is 5.85. The summed E-state index contributed by atoms with van der Waals surface area (Å²) in [6.45, 7) is 0. The van der Waals surface area contributed by atoms with Gasteiger partial charge in [0.1, 0.15) is 0 Å². The molecule has 54 valence electrons. The van der Waals surface area contributed by atoms with Crippen molar-refractivity contribution in [3.63, 3.8) is 0 Å². The van der Waals surface area contributed by atoms with Crippen LogP contribution in [-0.2, 0) is 4.79 Å². The average Bonchev–Trinajstić information content (AvgIpc) is 2.06. The zero-order chi connectivity index (χ0) is 7.68. The van der Waals surface area contributed by atoms with Gasteiger partial charge in [0.05, 0.1) is 12.1 Å². The fourth-order valence-corrected chi connectivity index (χ4v) is 1.12. The van der Waals surface area contributed by atoms with Crippen molar-refractivity contribution in [2.75, 3.05) is 0 Å². The monoisotopic (exact) mass is 146 g/mol. The van der Waals surface area contributed by atoms with Gasteiger partial charge in [-0.3, -0.25) is 4.79 Å². The van der Waals surface area contributed by atoms with Crippen LogP contribution in [0.15, 0.2) is 46.3 Å². The highest BCUT2D eigenvalue weighted by atomic mass is 16.1. The standard InChI is InChI=1S/C8H6N2O/c11-8-7-4-2-1-3-6(7)5-9-10-8/h1-5,7H.